The minimum atomic E-state index is -0.440. The van der Waals surface area contributed by atoms with Gasteiger partial charge in [0, 0.05) is 34.9 Å². The predicted octanol–water partition coefficient (Wildman–Crippen LogP) is 6.25. The van der Waals surface area contributed by atoms with Gasteiger partial charge < -0.3 is 4.74 Å². The molecule has 182 valence electrons. The van der Waals surface area contributed by atoms with E-state index in [0.717, 1.165) is 16.3 Å². The van der Waals surface area contributed by atoms with Crippen molar-refractivity contribution < 1.29 is 4.74 Å². The fraction of sp³-hybridized carbons (Fsp3) is 0.320. The number of thiazole rings is 1. The third-order valence-electron chi connectivity index (χ3n) is 5.30. The van der Waals surface area contributed by atoms with Gasteiger partial charge in [-0.25, -0.2) is 15.0 Å². The lowest BCUT2D eigenvalue weighted by Gasteiger charge is -2.19. The van der Waals surface area contributed by atoms with Gasteiger partial charge in [0.15, 0.2) is 0 Å². The Balaban J connectivity index is 1.76. The normalized spacial score (nSPS) is 11.7. The summed E-state index contributed by atoms with van der Waals surface area (Å²) in [6.45, 7) is 12.0. The zero-order chi connectivity index (χ0) is 25.5. The van der Waals surface area contributed by atoms with Gasteiger partial charge in [-0.05, 0) is 32.4 Å². The first-order valence-corrected chi connectivity index (χ1v) is 12.6. The topological polar surface area (TPSA) is 82.8 Å². The largest absolute Gasteiger partial charge is 0.485 e. The number of hydrogen-bond donors (Lipinski definition) is 0. The molecule has 10 heteroatoms. The molecule has 7 nitrogen and oxygen atoms in total. The van der Waals surface area contributed by atoms with Crippen LogP contribution in [0.5, 0.6) is 5.75 Å². The molecule has 0 fully saturated rings. The molecule has 0 aromatic carbocycles. The van der Waals surface area contributed by atoms with Gasteiger partial charge in [-0.1, -0.05) is 44.0 Å². The number of ether oxygens (including phenoxy) is 1. The van der Waals surface area contributed by atoms with Gasteiger partial charge in [-0.3, -0.25) is 14.3 Å². The summed E-state index contributed by atoms with van der Waals surface area (Å²) in [7, 11) is 0. The molecule has 0 unspecified atom stereocenters. The SMILES string of the molecule is Cc1nc(COc2cc(C)n(-c3cc(-c4nc(C(C)(C)C)ncc4C)ncc3Cl)c(=O)c2Cl)cs1. The maximum absolute atomic E-state index is 13.3. The first-order valence-electron chi connectivity index (χ1n) is 10.9. The fourth-order valence-corrected chi connectivity index (χ4v) is 4.48. The Morgan fingerprint density at radius 3 is 2.46 bits per heavy atom. The van der Waals surface area contributed by atoms with E-state index in [-0.39, 0.29) is 17.0 Å². The Labute approximate surface area is 217 Å². The maximum atomic E-state index is 13.3. The monoisotopic (exact) mass is 529 g/mol. The average Bonchev–Trinajstić information content (AvgIpc) is 3.21. The van der Waals surface area contributed by atoms with E-state index in [1.54, 1.807) is 25.3 Å². The van der Waals surface area contributed by atoms with Crippen molar-refractivity contribution in [1.82, 2.24) is 24.5 Å². The highest BCUT2D eigenvalue weighted by atomic mass is 35.5. The zero-order valence-corrected chi connectivity index (χ0v) is 22.6. The van der Waals surface area contributed by atoms with Crippen molar-refractivity contribution in [3.05, 3.63) is 78.1 Å². The predicted molar refractivity (Wildman–Crippen MR) is 140 cm³/mol. The van der Waals surface area contributed by atoms with Crippen LogP contribution in [0, 0.1) is 20.8 Å². The number of nitrogens with zero attached hydrogens (tertiary/aromatic N) is 5. The first kappa shape index (κ1) is 25.3. The summed E-state index contributed by atoms with van der Waals surface area (Å²) in [5.74, 6) is 0.993. The third-order valence-corrected chi connectivity index (χ3v) is 6.76. The molecule has 0 amide bonds. The quantitative estimate of drug-likeness (QED) is 0.303. The van der Waals surface area contributed by atoms with Crippen LogP contribution in [0.4, 0.5) is 0 Å². The standard InChI is InChI=1S/C25H25Cl2N5O2S/c1-13-9-29-24(25(4,5)6)31-22(13)18-8-19(17(26)10-28-18)32-14(2)7-20(21(27)23(32)33)34-11-16-12-35-15(3)30-16/h7-10,12H,11H2,1-6H3. The van der Waals surface area contributed by atoms with Crippen molar-refractivity contribution in [2.45, 2.75) is 53.6 Å². The highest BCUT2D eigenvalue weighted by molar-refractivity contribution is 7.09. The number of aromatic nitrogens is 5. The lowest BCUT2D eigenvalue weighted by molar-refractivity contribution is 0.301. The Hall–Kier alpha value is -2.81. The molecule has 0 spiro atoms. The van der Waals surface area contributed by atoms with E-state index >= 15 is 0 Å². The first-order chi connectivity index (χ1) is 16.5. The van der Waals surface area contributed by atoms with Crippen LogP contribution in [0.1, 0.15) is 48.6 Å². The third kappa shape index (κ3) is 5.24. The van der Waals surface area contributed by atoms with Crippen molar-refractivity contribution in [1.29, 1.82) is 0 Å². The number of halogens is 2. The molecule has 0 saturated heterocycles. The van der Waals surface area contributed by atoms with Crippen molar-refractivity contribution in [3.8, 4) is 22.8 Å². The van der Waals surface area contributed by atoms with Gasteiger partial charge in [-0.2, -0.15) is 0 Å². The van der Waals surface area contributed by atoms with E-state index in [2.05, 4.69) is 15.0 Å². The number of pyridine rings is 2. The average molecular weight is 530 g/mol. The lowest BCUT2D eigenvalue weighted by Crippen LogP contribution is -2.22. The highest BCUT2D eigenvalue weighted by Crippen LogP contribution is 2.30. The van der Waals surface area contributed by atoms with Crippen LogP contribution in [-0.2, 0) is 12.0 Å². The summed E-state index contributed by atoms with van der Waals surface area (Å²) < 4.78 is 7.26. The summed E-state index contributed by atoms with van der Waals surface area (Å²) in [5, 5.41) is 3.13. The van der Waals surface area contributed by atoms with Gasteiger partial charge in [0.25, 0.3) is 5.56 Å². The molecule has 0 aliphatic carbocycles. The van der Waals surface area contributed by atoms with Gasteiger partial charge >= 0.3 is 0 Å². The Bertz CT molecular complexity index is 1470. The number of rotatable bonds is 5. The van der Waals surface area contributed by atoms with Crippen molar-refractivity contribution in [2.24, 2.45) is 0 Å². The number of aryl methyl sites for hydroxylation is 3. The second-order valence-electron chi connectivity index (χ2n) is 9.25. The Morgan fingerprint density at radius 2 is 1.80 bits per heavy atom. The fourth-order valence-electron chi connectivity index (χ4n) is 3.50. The van der Waals surface area contributed by atoms with E-state index in [0.29, 0.717) is 39.4 Å². The van der Waals surface area contributed by atoms with Crippen LogP contribution >= 0.6 is 34.5 Å². The van der Waals surface area contributed by atoms with Crippen LogP contribution in [-0.4, -0.2) is 24.5 Å². The van der Waals surface area contributed by atoms with Crippen LogP contribution in [0.2, 0.25) is 10.0 Å². The second kappa shape index (κ2) is 9.68. The molecule has 0 aliphatic heterocycles. The van der Waals surface area contributed by atoms with E-state index in [1.807, 2.05) is 40.0 Å². The molecule has 0 saturated carbocycles. The summed E-state index contributed by atoms with van der Waals surface area (Å²) in [5.41, 5.74) is 3.30. The van der Waals surface area contributed by atoms with Gasteiger partial charge in [0.05, 0.1) is 32.8 Å². The summed E-state index contributed by atoms with van der Waals surface area (Å²) in [4.78, 5) is 31.4. The molecule has 4 rings (SSSR count). The minimum Gasteiger partial charge on any atom is -0.485 e. The molecule has 35 heavy (non-hydrogen) atoms. The van der Waals surface area contributed by atoms with E-state index in [4.69, 9.17) is 32.9 Å². The van der Waals surface area contributed by atoms with Crippen LogP contribution in [0.25, 0.3) is 17.1 Å². The molecular formula is C25H25Cl2N5O2S. The molecule has 0 aliphatic rings. The van der Waals surface area contributed by atoms with Crippen LogP contribution in [0.15, 0.2) is 34.7 Å². The minimum absolute atomic E-state index is 0.0368. The smallest absolute Gasteiger partial charge is 0.277 e. The van der Waals surface area contributed by atoms with E-state index < -0.39 is 5.56 Å². The maximum Gasteiger partial charge on any atom is 0.277 e. The molecular weight excluding hydrogens is 505 g/mol. The van der Waals surface area contributed by atoms with Crippen molar-refractivity contribution >= 4 is 34.5 Å². The molecule has 4 aromatic heterocycles. The Morgan fingerprint density at radius 1 is 1.06 bits per heavy atom. The lowest BCUT2D eigenvalue weighted by atomic mass is 9.95. The summed E-state index contributed by atoms with van der Waals surface area (Å²) in [6.07, 6.45) is 3.29. The van der Waals surface area contributed by atoms with Crippen molar-refractivity contribution in [3.63, 3.8) is 0 Å². The van der Waals surface area contributed by atoms with Crippen LogP contribution < -0.4 is 10.3 Å². The van der Waals surface area contributed by atoms with Crippen LogP contribution in [0.3, 0.4) is 0 Å². The van der Waals surface area contributed by atoms with Gasteiger partial charge in [0.1, 0.15) is 23.2 Å². The highest BCUT2D eigenvalue weighted by Gasteiger charge is 2.21. The van der Waals surface area contributed by atoms with Gasteiger partial charge in [-0.15, -0.1) is 11.3 Å². The summed E-state index contributed by atoms with van der Waals surface area (Å²) >= 11 is 14.5. The molecule has 0 radical (unpaired) electrons. The molecule has 0 N–H and O–H groups in total. The van der Waals surface area contributed by atoms with Gasteiger partial charge in [0.2, 0.25) is 0 Å². The molecule has 0 bridgehead atoms. The van der Waals surface area contributed by atoms with E-state index in [1.165, 1.54) is 22.1 Å². The van der Waals surface area contributed by atoms with Crippen molar-refractivity contribution in [2.75, 3.05) is 0 Å². The summed E-state index contributed by atoms with van der Waals surface area (Å²) in [6, 6.07) is 3.46. The molecule has 4 aromatic rings. The van der Waals surface area contributed by atoms with E-state index in [9.17, 15) is 4.79 Å². The Kier molecular flexibility index (Phi) is 6.99. The second-order valence-corrected chi connectivity index (χ2v) is 11.1. The number of hydrogen-bond acceptors (Lipinski definition) is 7. The molecule has 4 heterocycles. The molecule has 0 atom stereocenters. The zero-order valence-electron chi connectivity index (χ0n) is 20.3.